The lowest BCUT2D eigenvalue weighted by atomic mass is 9.95. The molecule has 0 spiro atoms. The number of nitrogens with one attached hydrogen (secondary N) is 1. The molecular weight excluding hydrogens is 314 g/mol. The Morgan fingerprint density at radius 2 is 1.96 bits per heavy atom. The summed E-state index contributed by atoms with van der Waals surface area (Å²) in [5, 5.41) is 4.07. The molecule has 0 amide bonds. The molecule has 126 valence electrons. The summed E-state index contributed by atoms with van der Waals surface area (Å²) in [6.45, 7) is 2.87. The average Bonchev–Trinajstić information content (AvgIpc) is 2.62. The van der Waals surface area contributed by atoms with Crippen molar-refractivity contribution in [2.45, 2.75) is 13.5 Å². The summed E-state index contributed by atoms with van der Waals surface area (Å²) in [7, 11) is 1.56. The molecule has 0 aliphatic rings. The number of hydrogen-bond acceptors (Lipinski definition) is 4. The summed E-state index contributed by atoms with van der Waals surface area (Å²) in [5.41, 5.74) is 3.31. The van der Waals surface area contributed by atoms with E-state index < -0.39 is 0 Å². The molecule has 0 aliphatic carbocycles. The molecule has 0 bridgehead atoms. The molecule has 4 heteroatoms. The van der Waals surface area contributed by atoms with Gasteiger partial charge in [0.1, 0.15) is 0 Å². The first-order valence-electron chi connectivity index (χ1n) is 8.00. The van der Waals surface area contributed by atoms with Crippen molar-refractivity contribution in [1.82, 2.24) is 5.32 Å². The Balaban J connectivity index is 2.37. The minimum Gasteiger partial charge on any atom is -0.493 e. The van der Waals surface area contributed by atoms with Crippen LogP contribution >= 0.6 is 0 Å². The van der Waals surface area contributed by atoms with Crippen molar-refractivity contribution >= 4 is 11.0 Å². The number of fused-ring (bicyclic) bond motifs is 1. The van der Waals surface area contributed by atoms with E-state index in [2.05, 4.69) is 11.2 Å². The van der Waals surface area contributed by atoms with Crippen LogP contribution in [0, 0.1) is 19.3 Å². The summed E-state index contributed by atoms with van der Waals surface area (Å²) < 4.78 is 11.0. The fourth-order valence-electron chi connectivity index (χ4n) is 3.02. The third-order valence-corrected chi connectivity index (χ3v) is 4.14. The molecule has 0 saturated heterocycles. The highest BCUT2D eigenvalue weighted by atomic mass is 16.5. The maximum absolute atomic E-state index is 12.8. The Kier molecular flexibility index (Phi) is 4.87. The highest BCUT2D eigenvalue weighted by Gasteiger charge is 2.19. The summed E-state index contributed by atoms with van der Waals surface area (Å²) >= 11 is 0. The molecule has 1 aromatic heterocycles. The second-order valence-electron chi connectivity index (χ2n) is 5.71. The normalized spacial score (nSPS) is 10.6. The molecule has 0 aliphatic heterocycles. The first-order chi connectivity index (χ1) is 12.2. The monoisotopic (exact) mass is 333 g/mol. The number of rotatable bonds is 5. The molecule has 0 saturated carbocycles. The molecule has 3 aromatic rings. The molecule has 3 rings (SSSR count). The van der Waals surface area contributed by atoms with E-state index in [0.717, 1.165) is 22.1 Å². The van der Waals surface area contributed by atoms with Crippen molar-refractivity contribution in [2.24, 2.45) is 0 Å². The zero-order valence-electron chi connectivity index (χ0n) is 14.3. The van der Waals surface area contributed by atoms with E-state index in [1.807, 2.05) is 43.3 Å². The van der Waals surface area contributed by atoms with Crippen LogP contribution in [0.3, 0.4) is 0 Å². The highest BCUT2D eigenvalue weighted by molar-refractivity contribution is 5.93. The molecular formula is C21H19NO3. The summed E-state index contributed by atoms with van der Waals surface area (Å²) in [4.78, 5) is 12.8. The van der Waals surface area contributed by atoms with Crippen molar-refractivity contribution in [3.63, 3.8) is 0 Å². The number of benzene rings is 2. The standard InChI is InChI=1S/C21H19NO3/c1-4-12-22-13-16-18-14(2)10-11-17(24-3)20(18)25-21(23)19(16)15-8-6-5-7-9-15/h1,5-11,22H,12-13H2,2-3H3. The highest BCUT2D eigenvalue weighted by Crippen LogP contribution is 2.34. The lowest BCUT2D eigenvalue weighted by Gasteiger charge is -2.15. The van der Waals surface area contributed by atoms with Gasteiger partial charge in [-0.05, 0) is 29.7 Å². The SMILES string of the molecule is C#CCNCc1c(-c2ccccc2)c(=O)oc2c(OC)ccc(C)c12. The largest absolute Gasteiger partial charge is 0.493 e. The molecule has 1 N–H and O–H groups in total. The first-order valence-corrected chi connectivity index (χ1v) is 8.00. The minimum absolute atomic E-state index is 0.389. The van der Waals surface area contributed by atoms with Gasteiger partial charge in [-0.25, -0.2) is 4.79 Å². The van der Waals surface area contributed by atoms with Crippen LogP contribution in [0.5, 0.6) is 5.75 Å². The van der Waals surface area contributed by atoms with Crippen LogP contribution in [0.4, 0.5) is 0 Å². The van der Waals surface area contributed by atoms with Crippen LogP contribution in [0.15, 0.2) is 51.7 Å². The Morgan fingerprint density at radius 1 is 1.20 bits per heavy atom. The fourth-order valence-corrected chi connectivity index (χ4v) is 3.02. The van der Waals surface area contributed by atoms with Gasteiger partial charge >= 0.3 is 5.63 Å². The van der Waals surface area contributed by atoms with Crippen LogP contribution in [-0.4, -0.2) is 13.7 Å². The number of ether oxygens (including phenoxy) is 1. The number of aryl methyl sites for hydroxylation is 1. The number of methoxy groups -OCH3 is 1. The second kappa shape index (κ2) is 7.25. The van der Waals surface area contributed by atoms with E-state index >= 15 is 0 Å². The van der Waals surface area contributed by atoms with Crippen LogP contribution in [-0.2, 0) is 6.54 Å². The van der Waals surface area contributed by atoms with Crippen LogP contribution in [0.25, 0.3) is 22.1 Å². The minimum atomic E-state index is -0.389. The van der Waals surface area contributed by atoms with Gasteiger partial charge in [0.05, 0.1) is 19.2 Å². The zero-order valence-corrected chi connectivity index (χ0v) is 14.3. The molecule has 4 nitrogen and oxygen atoms in total. The molecule has 0 radical (unpaired) electrons. The zero-order chi connectivity index (χ0) is 17.8. The van der Waals surface area contributed by atoms with E-state index in [1.54, 1.807) is 13.2 Å². The molecule has 2 aromatic carbocycles. The number of hydrogen-bond donors (Lipinski definition) is 1. The maximum atomic E-state index is 12.8. The Labute approximate surface area is 146 Å². The first kappa shape index (κ1) is 16.8. The van der Waals surface area contributed by atoms with E-state index in [-0.39, 0.29) is 5.63 Å². The summed E-state index contributed by atoms with van der Waals surface area (Å²) in [6, 6.07) is 13.3. The quantitative estimate of drug-likeness (QED) is 0.441. The van der Waals surface area contributed by atoms with Gasteiger partial charge in [-0.1, -0.05) is 42.3 Å². The van der Waals surface area contributed by atoms with Gasteiger partial charge in [0.25, 0.3) is 0 Å². The van der Waals surface area contributed by atoms with Crippen molar-refractivity contribution < 1.29 is 9.15 Å². The lowest BCUT2D eigenvalue weighted by Crippen LogP contribution is -2.18. The van der Waals surface area contributed by atoms with E-state index in [0.29, 0.717) is 30.0 Å². The van der Waals surface area contributed by atoms with Crippen molar-refractivity contribution in [2.75, 3.05) is 13.7 Å². The van der Waals surface area contributed by atoms with Gasteiger partial charge in [0, 0.05) is 11.9 Å². The second-order valence-corrected chi connectivity index (χ2v) is 5.71. The van der Waals surface area contributed by atoms with Crippen molar-refractivity contribution in [1.29, 1.82) is 0 Å². The van der Waals surface area contributed by atoms with E-state index in [9.17, 15) is 4.79 Å². The topological polar surface area (TPSA) is 51.5 Å². The number of terminal acetylenes is 1. The summed E-state index contributed by atoms with van der Waals surface area (Å²) in [5.74, 6) is 3.10. The smallest absolute Gasteiger partial charge is 0.344 e. The molecule has 1 heterocycles. The Bertz CT molecular complexity index is 998. The van der Waals surface area contributed by atoms with Crippen LogP contribution in [0.1, 0.15) is 11.1 Å². The van der Waals surface area contributed by atoms with E-state index in [1.165, 1.54) is 0 Å². The maximum Gasteiger partial charge on any atom is 0.344 e. The molecule has 25 heavy (non-hydrogen) atoms. The van der Waals surface area contributed by atoms with Gasteiger partial charge in [-0.15, -0.1) is 6.42 Å². The Morgan fingerprint density at radius 3 is 2.64 bits per heavy atom. The van der Waals surface area contributed by atoms with Gasteiger partial charge in [0.15, 0.2) is 11.3 Å². The third kappa shape index (κ3) is 3.15. The van der Waals surface area contributed by atoms with Crippen molar-refractivity contribution in [3.05, 3.63) is 64.0 Å². The molecule has 0 fully saturated rings. The average molecular weight is 333 g/mol. The van der Waals surface area contributed by atoms with Crippen LogP contribution in [0.2, 0.25) is 0 Å². The lowest BCUT2D eigenvalue weighted by molar-refractivity contribution is 0.406. The van der Waals surface area contributed by atoms with Gasteiger partial charge in [0.2, 0.25) is 0 Å². The van der Waals surface area contributed by atoms with Gasteiger partial charge in [-0.2, -0.15) is 0 Å². The van der Waals surface area contributed by atoms with Crippen LogP contribution < -0.4 is 15.7 Å². The molecule has 0 atom stereocenters. The third-order valence-electron chi connectivity index (χ3n) is 4.14. The molecule has 0 unspecified atom stereocenters. The van der Waals surface area contributed by atoms with E-state index in [4.69, 9.17) is 15.6 Å². The van der Waals surface area contributed by atoms with Crippen molar-refractivity contribution in [3.8, 4) is 29.2 Å². The van der Waals surface area contributed by atoms with Gasteiger partial charge < -0.3 is 14.5 Å². The fraction of sp³-hybridized carbons (Fsp3) is 0.190. The predicted molar refractivity (Wildman–Crippen MR) is 99.7 cm³/mol. The Hall–Kier alpha value is -3.03. The predicted octanol–water partition coefficient (Wildman–Crippen LogP) is 3.50. The van der Waals surface area contributed by atoms with Gasteiger partial charge in [-0.3, -0.25) is 0 Å². The summed E-state index contributed by atoms with van der Waals surface area (Å²) in [6.07, 6.45) is 5.35.